The SMILES string of the molecule is O=C(NCC(Br)=CBr)Oc1cccc2c1CCCC2. The number of amides is 1. The largest absolute Gasteiger partial charge is 0.412 e. The number of ether oxygens (including phenoxy) is 1. The van der Waals surface area contributed by atoms with Gasteiger partial charge in [-0.15, -0.1) is 0 Å². The molecule has 102 valence electrons. The summed E-state index contributed by atoms with van der Waals surface area (Å²) in [5.74, 6) is 0.689. The van der Waals surface area contributed by atoms with Gasteiger partial charge in [0.05, 0.1) is 6.54 Å². The number of aryl methyl sites for hydroxylation is 1. The molecule has 1 aromatic rings. The van der Waals surface area contributed by atoms with E-state index >= 15 is 0 Å². The Morgan fingerprint density at radius 3 is 2.95 bits per heavy atom. The zero-order valence-electron chi connectivity index (χ0n) is 10.4. The predicted octanol–water partition coefficient (Wildman–Crippen LogP) is 4.29. The second kappa shape index (κ2) is 7.10. The summed E-state index contributed by atoms with van der Waals surface area (Å²) in [6, 6.07) is 5.92. The minimum atomic E-state index is -0.426. The number of benzene rings is 1. The lowest BCUT2D eigenvalue weighted by Crippen LogP contribution is -2.28. The van der Waals surface area contributed by atoms with Gasteiger partial charge in [0.25, 0.3) is 0 Å². The van der Waals surface area contributed by atoms with E-state index in [4.69, 9.17) is 4.74 Å². The summed E-state index contributed by atoms with van der Waals surface area (Å²) in [5, 5.41) is 2.68. The van der Waals surface area contributed by atoms with Crippen LogP contribution in [-0.2, 0) is 12.8 Å². The Hall–Kier alpha value is -0.810. The van der Waals surface area contributed by atoms with Gasteiger partial charge in [-0.05, 0) is 47.9 Å². The lowest BCUT2D eigenvalue weighted by Gasteiger charge is -2.18. The fourth-order valence-corrected chi connectivity index (χ4v) is 2.48. The summed E-state index contributed by atoms with van der Waals surface area (Å²) in [4.78, 5) is 13.4. The van der Waals surface area contributed by atoms with Crippen LogP contribution < -0.4 is 10.1 Å². The van der Waals surface area contributed by atoms with Gasteiger partial charge in [-0.25, -0.2) is 4.79 Å². The predicted molar refractivity (Wildman–Crippen MR) is 83.0 cm³/mol. The average Bonchev–Trinajstić information content (AvgIpc) is 2.45. The molecule has 0 unspecified atom stereocenters. The summed E-state index contributed by atoms with van der Waals surface area (Å²) < 4.78 is 6.24. The van der Waals surface area contributed by atoms with Gasteiger partial charge < -0.3 is 10.1 Å². The number of halogens is 2. The van der Waals surface area contributed by atoms with Crippen molar-refractivity contribution < 1.29 is 9.53 Å². The summed E-state index contributed by atoms with van der Waals surface area (Å²) in [7, 11) is 0. The summed E-state index contributed by atoms with van der Waals surface area (Å²) in [6.07, 6.45) is 4.01. The second-order valence-corrected chi connectivity index (χ2v) is 5.88. The lowest BCUT2D eigenvalue weighted by atomic mass is 9.91. The van der Waals surface area contributed by atoms with Crippen molar-refractivity contribution in [2.45, 2.75) is 25.7 Å². The van der Waals surface area contributed by atoms with E-state index in [1.807, 2.05) is 12.1 Å². The van der Waals surface area contributed by atoms with Crippen molar-refractivity contribution in [3.05, 3.63) is 38.8 Å². The molecule has 0 aliphatic heterocycles. The highest BCUT2D eigenvalue weighted by Gasteiger charge is 2.15. The molecule has 0 aromatic heterocycles. The topological polar surface area (TPSA) is 38.3 Å². The third-order valence-corrected chi connectivity index (χ3v) is 4.75. The monoisotopic (exact) mass is 387 g/mol. The Labute approximate surface area is 129 Å². The van der Waals surface area contributed by atoms with Crippen molar-refractivity contribution in [1.29, 1.82) is 0 Å². The van der Waals surface area contributed by atoms with Crippen LogP contribution in [0.4, 0.5) is 4.79 Å². The van der Waals surface area contributed by atoms with Gasteiger partial charge in [0.2, 0.25) is 0 Å². The maximum atomic E-state index is 11.7. The smallest absolute Gasteiger partial charge is 0.410 e. The minimum Gasteiger partial charge on any atom is -0.410 e. The van der Waals surface area contributed by atoms with Gasteiger partial charge in [0.15, 0.2) is 0 Å². The second-order valence-electron chi connectivity index (χ2n) is 4.40. The molecule has 1 amide bonds. The van der Waals surface area contributed by atoms with E-state index in [0.29, 0.717) is 12.3 Å². The molecule has 0 spiro atoms. The molecule has 3 nitrogen and oxygen atoms in total. The van der Waals surface area contributed by atoms with Crippen molar-refractivity contribution in [2.24, 2.45) is 0 Å². The molecule has 0 heterocycles. The quantitative estimate of drug-likeness (QED) is 0.838. The molecule has 1 aliphatic rings. The van der Waals surface area contributed by atoms with Crippen LogP contribution in [0.25, 0.3) is 0 Å². The fourth-order valence-electron chi connectivity index (χ4n) is 2.17. The highest BCUT2D eigenvalue weighted by atomic mass is 79.9. The average molecular weight is 389 g/mol. The van der Waals surface area contributed by atoms with Gasteiger partial charge in [0, 0.05) is 4.48 Å². The van der Waals surface area contributed by atoms with Crippen molar-refractivity contribution >= 4 is 38.0 Å². The highest BCUT2D eigenvalue weighted by molar-refractivity contribution is 9.14. The van der Waals surface area contributed by atoms with Gasteiger partial charge in [-0.1, -0.05) is 44.0 Å². The first-order valence-corrected chi connectivity index (χ1v) is 7.93. The van der Waals surface area contributed by atoms with Crippen LogP contribution in [0.5, 0.6) is 5.75 Å². The summed E-state index contributed by atoms with van der Waals surface area (Å²) >= 11 is 6.47. The molecule has 1 aliphatic carbocycles. The van der Waals surface area contributed by atoms with Crippen LogP contribution in [0.15, 0.2) is 27.7 Å². The third-order valence-electron chi connectivity index (χ3n) is 3.08. The molecule has 2 rings (SSSR count). The fraction of sp³-hybridized carbons (Fsp3) is 0.357. The van der Waals surface area contributed by atoms with E-state index in [9.17, 15) is 4.79 Å². The van der Waals surface area contributed by atoms with Gasteiger partial charge in [-0.2, -0.15) is 0 Å². The minimum absolute atomic E-state index is 0.402. The Kier molecular flexibility index (Phi) is 5.45. The maximum Gasteiger partial charge on any atom is 0.412 e. The van der Waals surface area contributed by atoms with E-state index < -0.39 is 6.09 Å². The van der Waals surface area contributed by atoms with Crippen molar-refractivity contribution in [2.75, 3.05) is 6.54 Å². The van der Waals surface area contributed by atoms with Crippen LogP contribution in [0.2, 0.25) is 0 Å². The Balaban J connectivity index is 2.01. The number of carbonyl (C=O) groups is 1. The molecule has 0 atom stereocenters. The molecule has 0 saturated heterocycles. The summed E-state index contributed by atoms with van der Waals surface area (Å²) in [6.45, 7) is 0.402. The maximum absolute atomic E-state index is 11.7. The standard InChI is InChI=1S/C14H15Br2NO2/c15-8-11(16)9-17-14(18)19-13-7-3-5-10-4-1-2-6-12(10)13/h3,5,7-8H,1-2,4,6,9H2,(H,17,18). The zero-order chi connectivity index (χ0) is 13.7. The van der Waals surface area contributed by atoms with Crippen molar-refractivity contribution in [3.63, 3.8) is 0 Å². The molecule has 0 fully saturated rings. The number of rotatable bonds is 3. The molecular formula is C14H15Br2NO2. The molecule has 1 aromatic carbocycles. The zero-order valence-corrected chi connectivity index (χ0v) is 13.6. The normalized spacial score (nSPS) is 14.7. The number of hydrogen-bond acceptors (Lipinski definition) is 2. The third kappa shape index (κ3) is 4.08. The Morgan fingerprint density at radius 2 is 2.16 bits per heavy atom. The van der Waals surface area contributed by atoms with Gasteiger partial charge >= 0.3 is 6.09 Å². The van der Waals surface area contributed by atoms with Crippen molar-refractivity contribution in [3.8, 4) is 5.75 Å². The number of nitrogens with one attached hydrogen (secondary N) is 1. The molecule has 19 heavy (non-hydrogen) atoms. The van der Waals surface area contributed by atoms with Gasteiger partial charge in [0.1, 0.15) is 5.75 Å². The summed E-state index contributed by atoms with van der Waals surface area (Å²) in [5.41, 5.74) is 2.48. The van der Waals surface area contributed by atoms with E-state index in [-0.39, 0.29) is 0 Å². The van der Waals surface area contributed by atoms with Crippen LogP contribution in [-0.4, -0.2) is 12.6 Å². The number of hydrogen-bond donors (Lipinski definition) is 1. The number of carbonyl (C=O) groups excluding carboxylic acids is 1. The van der Waals surface area contributed by atoms with Crippen molar-refractivity contribution in [1.82, 2.24) is 5.32 Å². The first-order valence-electron chi connectivity index (χ1n) is 6.22. The van der Waals surface area contributed by atoms with E-state index in [1.54, 1.807) is 4.99 Å². The van der Waals surface area contributed by atoms with Crippen LogP contribution >= 0.6 is 31.9 Å². The van der Waals surface area contributed by atoms with E-state index in [0.717, 1.165) is 23.7 Å². The molecular weight excluding hydrogens is 374 g/mol. The Bertz CT molecular complexity index is 500. The first kappa shape index (κ1) is 14.6. The molecule has 0 saturated carbocycles. The van der Waals surface area contributed by atoms with Crippen LogP contribution in [0, 0.1) is 0 Å². The molecule has 1 N–H and O–H groups in total. The highest BCUT2D eigenvalue weighted by Crippen LogP contribution is 2.29. The van der Waals surface area contributed by atoms with E-state index in [1.165, 1.54) is 17.5 Å². The molecule has 5 heteroatoms. The van der Waals surface area contributed by atoms with Gasteiger partial charge in [-0.3, -0.25) is 0 Å². The lowest BCUT2D eigenvalue weighted by molar-refractivity contribution is 0.201. The van der Waals surface area contributed by atoms with Crippen LogP contribution in [0.1, 0.15) is 24.0 Å². The molecule has 0 bridgehead atoms. The Morgan fingerprint density at radius 1 is 1.37 bits per heavy atom. The number of fused-ring (bicyclic) bond motifs is 1. The van der Waals surface area contributed by atoms with E-state index in [2.05, 4.69) is 43.2 Å². The van der Waals surface area contributed by atoms with Crippen LogP contribution in [0.3, 0.4) is 0 Å². The first-order chi connectivity index (χ1) is 9.20. The molecule has 0 radical (unpaired) electrons.